The number of aliphatic hydroxyl groups excluding tert-OH is 9. The molecular formula is C62H105N3O21. The summed E-state index contributed by atoms with van der Waals surface area (Å²) in [5, 5.41) is 135. The number of carbonyl (C=O) groups excluding carboxylic acids is 3. The predicted octanol–water partition coefficient (Wildman–Crippen LogP) is 3.33. The molecule has 22 atom stereocenters. The number of rotatable bonds is 17. The third-order valence-corrected chi connectivity index (χ3v) is 16.7. The van der Waals surface area contributed by atoms with Crippen LogP contribution in [0.2, 0.25) is 0 Å². The van der Waals surface area contributed by atoms with E-state index in [1.54, 1.807) is 39.1 Å². The maximum atomic E-state index is 13.9. The highest BCUT2D eigenvalue weighted by atomic mass is 16.7. The van der Waals surface area contributed by atoms with Gasteiger partial charge in [-0.3, -0.25) is 29.0 Å². The molecule has 0 aliphatic carbocycles. The predicted molar refractivity (Wildman–Crippen MR) is 318 cm³/mol. The Balaban J connectivity index is 2.54. The minimum atomic E-state index is -2.74. The Kier molecular flexibility index (Phi) is 35.2. The number of nitrogens with one attached hydrogen (secondary N) is 1. The summed E-state index contributed by atoms with van der Waals surface area (Å²) in [6.45, 7) is 14.5. The molecular weight excluding hydrogens is 1120 g/mol. The van der Waals surface area contributed by atoms with Crippen LogP contribution in [0.25, 0.3) is 0 Å². The van der Waals surface area contributed by atoms with Crippen molar-refractivity contribution in [3.8, 4) is 0 Å². The number of allylic oxidation sites excluding steroid dienone is 4. The van der Waals surface area contributed by atoms with E-state index in [-0.39, 0.29) is 43.4 Å². The van der Waals surface area contributed by atoms with Crippen LogP contribution in [-0.4, -0.2) is 196 Å². The lowest BCUT2D eigenvalue weighted by Crippen LogP contribution is -2.60. The lowest BCUT2D eigenvalue weighted by molar-refractivity contribution is -0.334. The molecule has 0 aromatic heterocycles. The highest BCUT2D eigenvalue weighted by Crippen LogP contribution is 2.38. The number of aliphatic carboxylic acids is 2. The van der Waals surface area contributed by atoms with Crippen LogP contribution in [0.4, 0.5) is 0 Å². The van der Waals surface area contributed by atoms with Crippen LogP contribution in [0.15, 0.2) is 53.6 Å². The Morgan fingerprint density at radius 1 is 0.721 bits per heavy atom. The molecule has 15 N–H and O–H groups in total. The fourth-order valence-electron chi connectivity index (χ4n) is 10.8. The second-order valence-corrected chi connectivity index (χ2v) is 24.4. The fourth-order valence-corrected chi connectivity index (χ4v) is 10.8. The Hall–Kier alpha value is -4.86. The molecule has 2 aliphatic rings. The number of nitrogens with two attached hydrogens (primary N) is 1. The molecule has 0 aromatic carbocycles. The van der Waals surface area contributed by atoms with Crippen LogP contribution in [0.5, 0.6) is 0 Å². The zero-order valence-corrected chi connectivity index (χ0v) is 51.8. The van der Waals surface area contributed by atoms with Crippen molar-refractivity contribution < 1.29 is 104 Å². The molecule has 0 saturated carbocycles. The largest absolute Gasteiger partial charge is 0.481 e. The van der Waals surface area contributed by atoms with Crippen LogP contribution in [-0.2, 0) is 42.9 Å². The molecule has 24 heteroatoms. The summed E-state index contributed by atoms with van der Waals surface area (Å²) in [4.78, 5) is 66.3. The summed E-state index contributed by atoms with van der Waals surface area (Å²) in [7, 11) is 1.62. The SMILES string of the molecule is CN=C(N)NCCC/C=C/CCC[C@H](C)C[C@@H](C)[C@@H]1OC(=O)[C@H](C)[C@H](O)/C=C/[C@H](C)[C@H](O)C[C@H](O)[C@H](C)[C@@H](O)CC[C@H](C)[C@H](OC(=O)CC(=O)O)C[C@@]2(O)O[C@@H](C[C@@H](OC(=O)CC(=O)O)C[C@H](O)C[C@@H](O)[C@@H](C)[C@@H](O)/C=C\C=C/[C@@H]1C)C[C@H](O)[C@H]2O. The lowest BCUT2D eigenvalue weighted by atomic mass is 9.83. The second-order valence-electron chi connectivity index (χ2n) is 24.4. The third-order valence-electron chi connectivity index (χ3n) is 16.7. The standard InChI is InChI=1S/C62H105N3O21/c1-35(18-14-12-10-11-13-17-25-65-61(63)64-9)26-39(5)58-38(4)19-15-16-20-46(67)40(6)50(71)28-43(66)27-44(83-56(78)32-54(74)75)29-45-30-52(73)59(80)62(82,86-45)34-53(84-57(79)33-55(76)77)37(3)22-24-47(68)41(7)51(72)31-49(70)36(2)21-23-48(69)42(8)60(81)85-58/h10-11,15-16,19-21,23,35-53,58-59,66-73,80,82H,12-14,17-18,22,24-34H2,1-9H3,(H,74,75)(H,76,77)(H3,63,64,65)/b11-10+,19-15-,20-16-,23-21+/t35-,36-,37-,38-,39+,40-,41+,42+,43-,44-,45-,46-,47-,48+,49+,50+,51-,52-,53+,58+,59+,62+/m0/s1. The normalized spacial score (nSPS) is 36.9. The average molecular weight is 1230 g/mol. The van der Waals surface area contributed by atoms with E-state index in [0.29, 0.717) is 12.4 Å². The topological polar surface area (TPSA) is 415 Å². The van der Waals surface area contributed by atoms with Gasteiger partial charge in [-0.1, -0.05) is 103 Å². The van der Waals surface area contributed by atoms with Crippen molar-refractivity contribution in [1.29, 1.82) is 0 Å². The van der Waals surface area contributed by atoms with Gasteiger partial charge in [0.15, 0.2) is 11.7 Å². The minimum absolute atomic E-state index is 0.00166. The van der Waals surface area contributed by atoms with Crippen LogP contribution < -0.4 is 11.1 Å². The van der Waals surface area contributed by atoms with Gasteiger partial charge in [0.1, 0.15) is 37.3 Å². The van der Waals surface area contributed by atoms with Crippen molar-refractivity contribution in [1.82, 2.24) is 5.32 Å². The number of aliphatic hydroxyl groups is 10. The maximum absolute atomic E-state index is 13.9. The van der Waals surface area contributed by atoms with Gasteiger partial charge in [-0.2, -0.15) is 0 Å². The molecule has 1 saturated heterocycles. The van der Waals surface area contributed by atoms with Crippen molar-refractivity contribution >= 4 is 35.8 Å². The van der Waals surface area contributed by atoms with E-state index >= 15 is 0 Å². The molecule has 2 heterocycles. The highest BCUT2D eigenvalue weighted by Gasteiger charge is 2.51. The number of aliphatic imine (C=N–C) groups is 1. The van der Waals surface area contributed by atoms with E-state index in [2.05, 4.69) is 29.4 Å². The first-order chi connectivity index (χ1) is 40.3. The second kappa shape index (κ2) is 39.2. The monoisotopic (exact) mass is 1230 g/mol. The smallest absolute Gasteiger partial charge is 0.317 e. The van der Waals surface area contributed by atoms with E-state index in [1.165, 1.54) is 39.0 Å². The molecule has 494 valence electrons. The number of guanidine groups is 1. The summed E-state index contributed by atoms with van der Waals surface area (Å²) < 4.78 is 23.1. The Labute approximate surface area is 507 Å². The van der Waals surface area contributed by atoms with Crippen LogP contribution in [0.1, 0.15) is 158 Å². The van der Waals surface area contributed by atoms with E-state index in [1.807, 2.05) is 13.8 Å². The van der Waals surface area contributed by atoms with E-state index in [9.17, 15) is 85.3 Å². The van der Waals surface area contributed by atoms with Gasteiger partial charge >= 0.3 is 29.8 Å². The maximum Gasteiger partial charge on any atom is 0.317 e. The van der Waals surface area contributed by atoms with Gasteiger partial charge in [-0.05, 0) is 76.0 Å². The number of carboxylic acids is 2. The number of carbonyl (C=O) groups is 5. The van der Waals surface area contributed by atoms with Crippen LogP contribution in [0, 0.1) is 47.3 Å². The number of nitrogens with zero attached hydrogens (tertiary/aromatic N) is 1. The number of hydrogen-bond acceptors (Lipinski definition) is 20. The van der Waals surface area contributed by atoms with Gasteiger partial charge in [-0.15, -0.1) is 0 Å². The number of esters is 3. The summed E-state index contributed by atoms with van der Waals surface area (Å²) >= 11 is 0. The number of fused-ring (bicyclic) bond motifs is 2. The lowest BCUT2D eigenvalue weighted by Gasteiger charge is -2.45. The third kappa shape index (κ3) is 28.5. The highest BCUT2D eigenvalue weighted by molar-refractivity contribution is 5.90. The number of cyclic esters (lactones) is 1. The van der Waals surface area contributed by atoms with Crippen LogP contribution >= 0.6 is 0 Å². The minimum Gasteiger partial charge on any atom is -0.481 e. The van der Waals surface area contributed by atoms with E-state index < -0.39 is 183 Å². The number of unbranched alkanes of at least 4 members (excludes halogenated alkanes) is 2. The van der Waals surface area contributed by atoms with Gasteiger partial charge in [0.05, 0.1) is 60.9 Å². The zero-order chi connectivity index (χ0) is 65.0. The van der Waals surface area contributed by atoms with Gasteiger partial charge in [-0.25, -0.2) is 0 Å². The summed E-state index contributed by atoms with van der Waals surface area (Å²) in [5.74, 6) is -13.1. The molecule has 0 amide bonds. The van der Waals surface area contributed by atoms with Crippen molar-refractivity contribution in [2.75, 3.05) is 13.6 Å². The Morgan fingerprint density at radius 3 is 1.95 bits per heavy atom. The van der Waals surface area contributed by atoms with Gasteiger partial charge in [0, 0.05) is 69.4 Å². The Bertz CT molecular complexity index is 2200. The number of ether oxygens (including phenoxy) is 4. The van der Waals surface area contributed by atoms with Crippen molar-refractivity contribution in [3.05, 3.63) is 48.6 Å². The molecule has 0 aromatic rings. The van der Waals surface area contributed by atoms with E-state index in [4.69, 9.17) is 24.7 Å². The Morgan fingerprint density at radius 2 is 1.33 bits per heavy atom. The zero-order valence-electron chi connectivity index (χ0n) is 51.8. The van der Waals surface area contributed by atoms with Crippen molar-refractivity contribution in [3.63, 3.8) is 0 Å². The molecule has 2 rings (SSSR count). The van der Waals surface area contributed by atoms with Gasteiger partial charge in [0.25, 0.3) is 0 Å². The number of carboxylic acid groups (broad SMARTS) is 2. The first-order valence-electron chi connectivity index (χ1n) is 30.5. The first-order valence-corrected chi connectivity index (χ1v) is 30.5. The summed E-state index contributed by atoms with van der Waals surface area (Å²) in [5.41, 5.74) is 5.69. The number of hydrogen-bond donors (Lipinski definition) is 14. The molecule has 2 aliphatic heterocycles. The molecule has 1 fully saturated rings. The molecule has 0 radical (unpaired) electrons. The van der Waals surface area contributed by atoms with Crippen LogP contribution in [0.3, 0.4) is 0 Å². The molecule has 24 nitrogen and oxygen atoms in total. The molecule has 2 bridgehead atoms. The summed E-state index contributed by atoms with van der Waals surface area (Å²) in [6.07, 6.45) is -3.66. The van der Waals surface area contributed by atoms with Crippen molar-refractivity contribution in [2.24, 2.45) is 58.1 Å². The fraction of sp³-hybridized carbons (Fsp3) is 0.774. The quantitative estimate of drug-likeness (QED) is 0.0189. The first kappa shape index (κ1) is 77.2. The van der Waals surface area contributed by atoms with Crippen molar-refractivity contribution in [2.45, 2.75) is 243 Å². The van der Waals surface area contributed by atoms with Gasteiger partial charge in [0.2, 0.25) is 0 Å². The molecule has 86 heavy (non-hydrogen) atoms. The molecule has 0 unspecified atom stereocenters. The van der Waals surface area contributed by atoms with E-state index in [0.717, 1.165) is 38.6 Å². The molecule has 0 spiro atoms. The summed E-state index contributed by atoms with van der Waals surface area (Å²) in [6, 6.07) is 0. The van der Waals surface area contributed by atoms with Gasteiger partial charge < -0.3 is 91.3 Å². The average Bonchev–Trinajstić information content (AvgIpc) is 1.63.